The summed E-state index contributed by atoms with van der Waals surface area (Å²) < 4.78 is 0. The average Bonchev–Trinajstić information content (AvgIpc) is 2.99. The number of anilines is 1. The first-order valence-corrected chi connectivity index (χ1v) is 8.45. The lowest BCUT2D eigenvalue weighted by Gasteiger charge is -2.38. The second-order valence-corrected chi connectivity index (χ2v) is 7.07. The molecular weight excluding hydrogens is 337 g/mol. The normalized spacial score (nSPS) is 25.5. The van der Waals surface area contributed by atoms with E-state index >= 15 is 0 Å². The third kappa shape index (κ3) is 2.23. The van der Waals surface area contributed by atoms with Crippen LogP contribution in [0, 0.1) is 5.92 Å². The summed E-state index contributed by atoms with van der Waals surface area (Å²) in [4.78, 5) is 0. The van der Waals surface area contributed by atoms with Crippen molar-refractivity contribution in [3.05, 3.63) is 74.7 Å². The number of fused-ring (bicyclic) bond motifs is 3. The van der Waals surface area contributed by atoms with Gasteiger partial charge in [0.05, 0.1) is 16.1 Å². The van der Waals surface area contributed by atoms with Crippen molar-refractivity contribution < 1.29 is 0 Å². The maximum atomic E-state index is 6.46. The summed E-state index contributed by atoms with van der Waals surface area (Å²) in [7, 11) is 0. The molecule has 0 spiro atoms. The second kappa shape index (κ2) is 5.49. The molecule has 1 aliphatic heterocycles. The molecule has 1 aliphatic carbocycles. The van der Waals surface area contributed by atoms with Crippen LogP contribution in [0.3, 0.4) is 0 Å². The summed E-state index contributed by atoms with van der Waals surface area (Å²) >= 11 is 18.8. The maximum Gasteiger partial charge on any atom is 0.0645 e. The van der Waals surface area contributed by atoms with Crippen molar-refractivity contribution in [2.24, 2.45) is 5.92 Å². The number of hydrogen-bond donors (Lipinski definition) is 1. The summed E-state index contributed by atoms with van der Waals surface area (Å²) in [6.07, 6.45) is 5.56. The Morgan fingerprint density at radius 2 is 1.86 bits per heavy atom. The fourth-order valence-corrected chi connectivity index (χ4v) is 4.24. The van der Waals surface area contributed by atoms with Gasteiger partial charge < -0.3 is 5.32 Å². The Bertz CT molecular complexity index is 769. The minimum absolute atomic E-state index is 0.153. The molecule has 4 rings (SSSR count). The smallest absolute Gasteiger partial charge is 0.0645 e. The highest BCUT2D eigenvalue weighted by molar-refractivity contribution is 6.42. The van der Waals surface area contributed by atoms with Crippen molar-refractivity contribution in [1.29, 1.82) is 0 Å². The maximum absolute atomic E-state index is 6.46. The van der Waals surface area contributed by atoms with Gasteiger partial charge >= 0.3 is 0 Å². The van der Waals surface area contributed by atoms with Crippen LogP contribution in [-0.2, 0) is 0 Å². The van der Waals surface area contributed by atoms with Gasteiger partial charge in [0.25, 0.3) is 0 Å². The van der Waals surface area contributed by atoms with E-state index in [9.17, 15) is 0 Å². The monoisotopic (exact) mass is 349 g/mol. The van der Waals surface area contributed by atoms with E-state index < -0.39 is 0 Å². The van der Waals surface area contributed by atoms with Gasteiger partial charge in [0.2, 0.25) is 0 Å². The third-order valence-electron chi connectivity index (χ3n) is 4.64. The quantitative estimate of drug-likeness (QED) is 0.581. The molecule has 0 saturated carbocycles. The standard InChI is InChI=1S/C18H14Cl3N/c19-10-7-8-16-14(9-10)11-3-1-4-12(11)18(22-16)13-5-2-6-15(20)17(13)21/h1-3,5-9,11-12,18,22H,4H2/t11-,12+,18-/m0/s1. The molecule has 112 valence electrons. The number of hydrogen-bond acceptors (Lipinski definition) is 1. The minimum Gasteiger partial charge on any atom is -0.378 e. The van der Waals surface area contributed by atoms with Crippen molar-refractivity contribution in [3.63, 3.8) is 0 Å². The van der Waals surface area contributed by atoms with E-state index in [1.165, 1.54) is 5.56 Å². The van der Waals surface area contributed by atoms with Gasteiger partial charge in [0.15, 0.2) is 0 Å². The van der Waals surface area contributed by atoms with Crippen molar-refractivity contribution in [1.82, 2.24) is 0 Å². The first kappa shape index (κ1) is 14.4. The summed E-state index contributed by atoms with van der Waals surface area (Å²) in [5, 5.41) is 5.66. The zero-order valence-corrected chi connectivity index (χ0v) is 14.0. The molecule has 1 heterocycles. The lowest BCUT2D eigenvalue weighted by atomic mass is 9.77. The molecule has 0 saturated heterocycles. The first-order chi connectivity index (χ1) is 10.6. The van der Waals surface area contributed by atoms with Crippen LogP contribution in [0.15, 0.2) is 48.6 Å². The molecule has 0 amide bonds. The first-order valence-electron chi connectivity index (χ1n) is 7.31. The molecule has 0 bridgehead atoms. The van der Waals surface area contributed by atoms with Crippen LogP contribution in [0.2, 0.25) is 15.1 Å². The lowest BCUT2D eigenvalue weighted by Crippen LogP contribution is -2.29. The van der Waals surface area contributed by atoms with E-state index in [2.05, 4.69) is 29.6 Å². The van der Waals surface area contributed by atoms with Gasteiger partial charge in [-0.25, -0.2) is 0 Å². The molecule has 0 radical (unpaired) electrons. The topological polar surface area (TPSA) is 12.0 Å². The highest BCUT2D eigenvalue weighted by atomic mass is 35.5. The Kier molecular flexibility index (Phi) is 3.60. The zero-order chi connectivity index (χ0) is 15.3. The molecular formula is C18H14Cl3N. The number of allylic oxidation sites excluding steroid dienone is 2. The van der Waals surface area contributed by atoms with Crippen LogP contribution in [-0.4, -0.2) is 0 Å². The lowest BCUT2D eigenvalue weighted by molar-refractivity contribution is 0.426. The predicted octanol–water partition coefficient (Wildman–Crippen LogP) is 6.47. The molecule has 0 aromatic heterocycles. The molecule has 4 heteroatoms. The van der Waals surface area contributed by atoms with Crippen LogP contribution in [0.1, 0.15) is 29.5 Å². The highest BCUT2D eigenvalue weighted by Crippen LogP contribution is 2.51. The van der Waals surface area contributed by atoms with Crippen molar-refractivity contribution in [3.8, 4) is 0 Å². The number of rotatable bonds is 1. The summed E-state index contributed by atoms with van der Waals surface area (Å²) in [6.45, 7) is 0. The van der Waals surface area contributed by atoms with Gasteiger partial charge in [-0.3, -0.25) is 0 Å². The van der Waals surface area contributed by atoms with Gasteiger partial charge in [-0.05, 0) is 47.7 Å². The molecule has 0 fully saturated rings. The molecule has 1 N–H and O–H groups in total. The molecule has 2 aliphatic rings. The summed E-state index contributed by atoms with van der Waals surface area (Å²) in [5.74, 6) is 0.803. The SMILES string of the molecule is Clc1ccc2c(c1)[C@H]1C=CC[C@H]1[C@@H](c1cccc(Cl)c1Cl)N2. The Labute approximate surface area is 144 Å². The van der Waals surface area contributed by atoms with Crippen LogP contribution >= 0.6 is 34.8 Å². The molecule has 22 heavy (non-hydrogen) atoms. The van der Waals surface area contributed by atoms with Gasteiger partial charge in [-0.1, -0.05) is 59.1 Å². The van der Waals surface area contributed by atoms with Crippen LogP contribution in [0.5, 0.6) is 0 Å². The molecule has 0 unspecified atom stereocenters. The molecule has 1 nitrogen and oxygen atoms in total. The van der Waals surface area contributed by atoms with Crippen LogP contribution in [0.25, 0.3) is 0 Å². The van der Waals surface area contributed by atoms with E-state index in [0.717, 1.165) is 22.7 Å². The van der Waals surface area contributed by atoms with Gasteiger partial charge in [0, 0.05) is 16.6 Å². The van der Waals surface area contributed by atoms with E-state index in [1.807, 2.05) is 24.3 Å². The summed E-state index contributed by atoms with van der Waals surface area (Å²) in [6, 6.07) is 12.0. The minimum atomic E-state index is 0.153. The molecule has 2 aromatic rings. The van der Waals surface area contributed by atoms with Crippen LogP contribution in [0.4, 0.5) is 5.69 Å². The zero-order valence-electron chi connectivity index (χ0n) is 11.7. The molecule has 3 atom stereocenters. The second-order valence-electron chi connectivity index (χ2n) is 5.85. The van der Waals surface area contributed by atoms with E-state index in [0.29, 0.717) is 21.9 Å². The summed E-state index contributed by atoms with van der Waals surface area (Å²) in [5.41, 5.74) is 3.45. The van der Waals surface area contributed by atoms with Crippen molar-refractivity contribution in [2.75, 3.05) is 5.32 Å². The highest BCUT2D eigenvalue weighted by Gasteiger charge is 2.38. The van der Waals surface area contributed by atoms with Crippen molar-refractivity contribution in [2.45, 2.75) is 18.4 Å². The largest absolute Gasteiger partial charge is 0.378 e. The van der Waals surface area contributed by atoms with E-state index in [1.54, 1.807) is 0 Å². The van der Waals surface area contributed by atoms with Gasteiger partial charge in [-0.15, -0.1) is 0 Å². The Morgan fingerprint density at radius 1 is 1.00 bits per heavy atom. The Balaban J connectivity index is 1.83. The molecule has 2 aromatic carbocycles. The fourth-order valence-electron chi connectivity index (χ4n) is 3.63. The van der Waals surface area contributed by atoms with Gasteiger partial charge in [-0.2, -0.15) is 0 Å². The Hall–Kier alpha value is -1.15. The van der Waals surface area contributed by atoms with E-state index in [4.69, 9.17) is 34.8 Å². The van der Waals surface area contributed by atoms with Crippen molar-refractivity contribution >= 4 is 40.5 Å². The Morgan fingerprint density at radius 3 is 2.73 bits per heavy atom. The van der Waals surface area contributed by atoms with Gasteiger partial charge in [0.1, 0.15) is 0 Å². The number of halogens is 3. The fraction of sp³-hybridized carbons (Fsp3) is 0.222. The third-order valence-corrected chi connectivity index (χ3v) is 5.71. The van der Waals surface area contributed by atoms with Crippen LogP contribution < -0.4 is 5.32 Å². The van der Waals surface area contributed by atoms with E-state index in [-0.39, 0.29) is 6.04 Å². The number of benzene rings is 2. The predicted molar refractivity (Wildman–Crippen MR) is 94.3 cm³/mol. The number of nitrogens with one attached hydrogen (secondary N) is 1. The average molecular weight is 351 g/mol.